The zero-order chi connectivity index (χ0) is 17.8. The molecular weight excluding hydrogens is 317 g/mol. The van der Waals surface area contributed by atoms with Crippen LogP contribution in [-0.4, -0.2) is 23.2 Å². The van der Waals surface area contributed by atoms with Crippen LogP contribution in [0, 0.1) is 11.7 Å². The normalized spacial score (nSPS) is 16.2. The summed E-state index contributed by atoms with van der Waals surface area (Å²) in [6, 6.07) is 12.7. The number of aliphatic hydroxyl groups is 1. The minimum atomic E-state index is -0.453. The SMILES string of the molecule is CC(C)CC(O)c1ccc2c(c1)CN(Cc1cccc(F)c1)CCO2. The van der Waals surface area contributed by atoms with Gasteiger partial charge in [-0.2, -0.15) is 0 Å². The number of hydrogen-bond acceptors (Lipinski definition) is 3. The van der Waals surface area contributed by atoms with E-state index in [0.717, 1.165) is 42.0 Å². The van der Waals surface area contributed by atoms with Crippen LogP contribution in [0.15, 0.2) is 42.5 Å². The second-order valence-electron chi connectivity index (χ2n) is 7.20. The fourth-order valence-corrected chi connectivity index (χ4v) is 3.29. The molecule has 1 unspecified atom stereocenters. The number of aliphatic hydroxyl groups excluding tert-OH is 1. The molecule has 2 aromatic rings. The average molecular weight is 343 g/mol. The summed E-state index contributed by atoms with van der Waals surface area (Å²) in [5, 5.41) is 10.4. The Balaban J connectivity index is 1.76. The second-order valence-corrected chi connectivity index (χ2v) is 7.20. The van der Waals surface area contributed by atoms with Crippen molar-refractivity contribution in [3.05, 3.63) is 65.0 Å². The molecule has 0 fully saturated rings. The summed E-state index contributed by atoms with van der Waals surface area (Å²) in [6.45, 7) is 7.02. The fourth-order valence-electron chi connectivity index (χ4n) is 3.29. The first-order valence-corrected chi connectivity index (χ1v) is 8.92. The lowest BCUT2D eigenvalue weighted by Gasteiger charge is -2.20. The second kappa shape index (κ2) is 7.98. The summed E-state index contributed by atoms with van der Waals surface area (Å²) in [4.78, 5) is 2.25. The molecule has 0 spiro atoms. The molecule has 0 saturated carbocycles. The summed E-state index contributed by atoms with van der Waals surface area (Å²) in [6.07, 6.45) is 0.289. The van der Waals surface area contributed by atoms with Crippen LogP contribution in [0.1, 0.15) is 43.1 Å². The van der Waals surface area contributed by atoms with Gasteiger partial charge in [0, 0.05) is 25.2 Å². The van der Waals surface area contributed by atoms with Gasteiger partial charge in [0.25, 0.3) is 0 Å². The van der Waals surface area contributed by atoms with Crippen molar-refractivity contribution in [2.45, 2.75) is 39.5 Å². The lowest BCUT2D eigenvalue weighted by Crippen LogP contribution is -2.25. The molecule has 0 amide bonds. The summed E-state index contributed by atoms with van der Waals surface area (Å²) in [5.41, 5.74) is 2.97. The highest BCUT2D eigenvalue weighted by Crippen LogP contribution is 2.29. The number of hydrogen-bond donors (Lipinski definition) is 1. The number of benzene rings is 2. The Kier molecular flexibility index (Phi) is 5.71. The van der Waals surface area contributed by atoms with Gasteiger partial charge in [-0.15, -0.1) is 0 Å². The summed E-state index contributed by atoms with van der Waals surface area (Å²) < 4.78 is 19.3. The monoisotopic (exact) mass is 343 g/mol. The van der Waals surface area contributed by atoms with Crippen LogP contribution in [0.25, 0.3) is 0 Å². The fraction of sp³-hybridized carbons (Fsp3) is 0.429. The third-order valence-electron chi connectivity index (χ3n) is 4.52. The first-order valence-electron chi connectivity index (χ1n) is 8.92. The van der Waals surface area contributed by atoms with Gasteiger partial charge in [-0.05, 0) is 47.7 Å². The van der Waals surface area contributed by atoms with E-state index in [1.807, 2.05) is 24.3 Å². The molecular formula is C21H26FNO2. The Labute approximate surface area is 149 Å². The number of nitrogens with zero attached hydrogens (tertiary/aromatic N) is 1. The van der Waals surface area contributed by atoms with Crippen molar-refractivity contribution < 1.29 is 14.2 Å². The smallest absolute Gasteiger partial charge is 0.123 e. The van der Waals surface area contributed by atoms with Crippen LogP contribution >= 0.6 is 0 Å². The van der Waals surface area contributed by atoms with Crippen LogP contribution < -0.4 is 4.74 Å². The number of fused-ring (bicyclic) bond motifs is 1. The van der Waals surface area contributed by atoms with E-state index in [4.69, 9.17) is 4.74 Å². The van der Waals surface area contributed by atoms with Crippen molar-refractivity contribution in [1.29, 1.82) is 0 Å². The van der Waals surface area contributed by atoms with Crippen molar-refractivity contribution >= 4 is 0 Å². The zero-order valence-corrected chi connectivity index (χ0v) is 14.9. The highest BCUT2D eigenvalue weighted by Gasteiger charge is 2.18. The molecule has 0 aromatic heterocycles. The molecule has 3 rings (SSSR count). The van der Waals surface area contributed by atoms with E-state index in [1.54, 1.807) is 12.1 Å². The van der Waals surface area contributed by atoms with Crippen molar-refractivity contribution in [3.8, 4) is 5.75 Å². The molecule has 1 atom stereocenters. The first-order chi connectivity index (χ1) is 12.0. The Bertz CT molecular complexity index is 717. The van der Waals surface area contributed by atoms with Crippen molar-refractivity contribution in [3.63, 3.8) is 0 Å². The Morgan fingerprint density at radius 2 is 2.04 bits per heavy atom. The third-order valence-corrected chi connectivity index (χ3v) is 4.52. The van der Waals surface area contributed by atoms with E-state index in [9.17, 15) is 9.50 Å². The Hall–Kier alpha value is -1.91. The van der Waals surface area contributed by atoms with Gasteiger partial charge < -0.3 is 9.84 Å². The molecule has 0 radical (unpaired) electrons. The summed E-state index contributed by atoms with van der Waals surface area (Å²) in [7, 11) is 0. The molecule has 0 bridgehead atoms. The lowest BCUT2D eigenvalue weighted by molar-refractivity contribution is 0.151. The number of halogens is 1. The molecule has 134 valence electrons. The molecule has 2 aromatic carbocycles. The van der Waals surface area contributed by atoms with Crippen LogP contribution in [0.3, 0.4) is 0 Å². The van der Waals surface area contributed by atoms with Gasteiger partial charge in [0.2, 0.25) is 0 Å². The van der Waals surface area contributed by atoms with E-state index in [-0.39, 0.29) is 5.82 Å². The topological polar surface area (TPSA) is 32.7 Å². The predicted octanol–water partition coefficient (Wildman–Crippen LogP) is 4.30. The lowest BCUT2D eigenvalue weighted by atomic mass is 9.97. The average Bonchev–Trinajstić information content (AvgIpc) is 2.75. The minimum absolute atomic E-state index is 0.205. The molecule has 3 nitrogen and oxygen atoms in total. The molecule has 25 heavy (non-hydrogen) atoms. The standard InChI is InChI=1S/C21H26FNO2/c1-15(2)10-20(24)17-6-7-21-18(12-17)14-23(8-9-25-21)13-16-4-3-5-19(22)11-16/h3-7,11-12,15,20,24H,8-10,13-14H2,1-2H3. The Morgan fingerprint density at radius 3 is 2.80 bits per heavy atom. The van der Waals surface area contributed by atoms with Gasteiger partial charge in [-0.25, -0.2) is 4.39 Å². The number of rotatable bonds is 5. The molecule has 0 aliphatic carbocycles. The Morgan fingerprint density at radius 1 is 1.20 bits per heavy atom. The molecule has 1 aliphatic rings. The predicted molar refractivity (Wildman–Crippen MR) is 96.9 cm³/mol. The maximum absolute atomic E-state index is 13.4. The quantitative estimate of drug-likeness (QED) is 0.878. The van der Waals surface area contributed by atoms with Crippen molar-refractivity contribution in [2.75, 3.05) is 13.2 Å². The van der Waals surface area contributed by atoms with Gasteiger partial charge in [0.1, 0.15) is 18.2 Å². The summed E-state index contributed by atoms with van der Waals surface area (Å²) >= 11 is 0. The van der Waals surface area contributed by atoms with Crippen molar-refractivity contribution in [1.82, 2.24) is 4.90 Å². The largest absolute Gasteiger partial charge is 0.492 e. The van der Waals surface area contributed by atoms with Gasteiger partial charge >= 0.3 is 0 Å². The van der Waals surface area contributed by atoms with Gasteiger partial charge in [-0.1, -0.05) is 32.0 Å². The van der Waals surface area contributed by atoms with Crippen molar-refractivity contribution in [2.24, 2.45) is 5.92 Å². The highest BCUT2D eigenvalue weighted by molar-refractivity contribution is 5.38. The first kappa shape index (κ1) is 17.9. The van der Waals surface area contributed by atoms with Gasteiger partial charge in [0.05, 0.1) is 6.10 Å². The molecule has 0 saturated heterocycles. The molecule has 4 heteroatoms. The highest BCUT2D eigenvalue weighted by atomic mass is 19.1. The molecule has 1 heterocycles. The van der Waals surface area contributed by atoms with Crippen LogP contribution in [0.5, 0.6) is 5.75 Å². The van der Waals surface area contributed by atoms with E-state index in [1.165, 1.54) is 6.07 Å². The maximum Gasteiger partial charge on any atom is 0.123 e. The molecule has 1 aliphatic heterocycles. The summed E-state index contributed by atoms with van der Waals surface area (Å²) in [5.74, 6) is 1.11. The van der Waals surface area contributed by atoms with E-state index in [2.05, 4.69) is 18.7 Å². The maximum atomic E-state index is 13.4. The van der Waals surface area contributed by atoms with E-state index < -0.39 is 6.10 Å². The van der Waals surface area contributed by atoms with Crippen LogP contribution in [0.4, 0.5) is 4.39 Å². The minimum Gasteiger partial charge on any atom is -0.492 e. The van der Waals surface area contributed by atoms with Gasteiger partial charge in [-0.3, -0.25) is 4.90 Å². The third kappa shape index (κ3) is 4.80. The zero-order valence-electron chi connectivity index (χ0n) is 14.9. The van der Waals surface area contributed by atoms with E-state index in [0.29, 0.717) is 19.1 Å². The van der Waals surface area contributed by atoms with Gasteiger partial charge in [0.15, 0.2) is 0 Å². The van der Waals surface area contributed by atoms with Crippen LogP contribution in [0.2, 0.25) is 0 Å². The van der Waals surface area contributed by atoms with Crippen LogP contribution in [-0.2, 0) is 13.1 Å². The molecule has 1 N–H and O–H groups in total. The number of ether oxygens (including phenoxy) is 1. The van der Waals surface area contributed by atoms with E-state index >= 15 is 0 Å².